The van der Waals surface area contributed by atoms with Crippen molar-refractivity contribution in [3.05, 3.63) is 0 Å². The summed E-state index contributed by atoms with van der Waals surface area (Å²) in [4.78, 5) is 2.50. The first-order chi connectivity index (χ1) is 8.27. The molecule has 0 aromatic rings. The highest BCUT2D eigenvalue weighted by Gasteiger charge is 2.40. The van der Waals surface area contributed by atoms with Crippen LogP contribution in [0.2, 0.25) is 0 Å². The SMILES string of the molecule is CN1CCC(C2CNCC3(CCCC3)C2)CC1. The molecule has 1 spiro atoms. The number of hydrogen-bond acceptors (Lipinski definition) is 2. The van der Waals surface area contributed by atoms with Crippen LogP contribution >= 0.6 is 0 Å². The predicted molar refractivity (Wildman–Crippen MR) is 72.1 cm³/mol. The Bertz CT molecular complexity index is 250. The third-order valence-corrected chi connectivity index (χ3v) is 5.70. The molecule has 2 aliphatic heterocycles. The lowest BCUT2D eigenvalue weighted by Crippen LogP contribution is -2.47. The monoisotopic (exact) mass is 236 g/mol. The summed E-state index contributed by atoms with van der Waals surface area (Å²) >= 11 is 0. The molecule has 1 atom stereocenters. The van der Waals surface area contributed by atoms with Crippen LogP contribution in [0.3, 0.4) is 0 Å². The van der Waals surface area contributed by atoms with Crippen molar-refractivity contribution in [1.29, 1.82) is 0 Å². The quantitative estimate of drug-likeness (QED) is 0.752. The van der Waals surface area contributed by atoms with E-state index in [-0.39, 0.29) is 0 Å². The van der Waals surface area contributed by atoms with Crippen LogP contribution in [-0.4, -0.2) is 38.1 Å². The average molecular weight is 236 g/mol. The van der Waals surface area contributed by atoms with Crippen molar-refractivity contribution in [2.24, 2.45) is 17.3 Å². The molecule has 3 fully saturated rings. The second-order valence-electron chi connectivity index (χ2n) is 6.94. The van der Waals surface area contributed by atoms with Crippen molar-refractivity contribution >= 4 is 0 Å². The Morgan fingerprint density at radius 3 is 2.47 bits per heavy atom. The molecule has 2 nitrogen and oxygen atoms in total. The zero-order chi connectivity index (χ0) is 11.7. The maximum Gasteiger partial charge on any atom is 0.000804 e. The Morgan fingerprint density at radius 1 is 1.06 bits per heavy atom. The van der Waals surface area contributed by atoms with Crippen molar-refractivity contribution < 1.29 is 0 Å². The van der Waals surface area contributed by atoms with Gasteiger partial charge in [0.1, 0.15) is 0 Å². The van der Waals surface area contributed by atoms with Gasteiger partial charge < -0.3 is 10.2 Å². The van der Waals surface area contributed by atoms with Crippen LogP contribution in [-0.2, 0) is 0 Å². The van der Waals surface area contributed by atoms with Crippen LogP contribution in [0.25, 0.3) is 0 Å². The van der Waals surface area contributed by atoms with Crippen LogP contribution in [0.4, 0.5) is 0 Å². The summed E-state index contributed by atoms with van der Waals surface area (Å²) in [5.41, 5.74) is 0.715. The second-order valence-corrected chi connectivity index (χ2v) is 6.94. The number of nitrogens with zero attached hydrogens (tertiary/aromatic N) is 1. The van der Waals surface area contributed by atoms with E-state index >= 15 is 0 Å². The maximum atomic E-state index is 3.76. The molecule has 98 valence electrons. The molecule has 1 aliphatic carbocycles. The van der Waals surface area contributed by atoms with E-state index in [1.165, 1.54) is 71.1 Å². The molecule has 0 amide bonds. The van der Waals surface area contributed by atoms with Gasteiger partial charge in [0.2, 0.25) is 0 Å². The number of rotatable bonds is 1. The van der Waals surface area contributed by atoms with E-state index in [1.807, 2.05) is 0 Å². The van der Waals surface area contributed by atoms with Gasteiger partial charge in [0.05, 0.1) is 0 Å². The van der Waals surface area contributed by atoms with Crippen LogP contribution in [0.5, 0.6) is 0 Å². The molecule has 2 heteroatoms. The highest BCUT2D eigenvalue weighted by molar-refractivity contribution is 4.94. The lowest BCUT2D eigenvalue weighted by Gasteiger charge is -2.43. The van der Waals surface area contributed by atoms with E-state index < -0.39 is 0 Å². The normalized spacial score (nSPS) is 35.5. The summed E-state index contributed by atoms with van der Waals surface area (Å²) in [6.07, 6.45) is 10.4. The van der Waals surface area contributed by atoms with Crippen molar-refractivity contribution in [3.8, 4) is 0 Å². The summed E-state index contributed by atoms with van der Waals surface area (Å²) in [6.45, 7) is 5.27. The molecule has 1 unspecified atom stereocenters. The molecule has 2 heterocycles. The van der Waals surface area contributed by atoms with Gasteiger partial charge in [0, 0.05) is 6.54 Å². The van der Waals surface area contributed by atoms with Crippen LogP contribution in [0.15, 0.2) is 0 Å². The molecule has 0 aromatic heterocycles. The summed E-state index contributed by atoms with van der Waals surface area (Å²) in [5.74, 6) is 1.99. The number of hydrogen-bond donors (Lipinski definition) is 1. The fourth-order valence-corrected chi connectivity index (χ4v) is 4.56. The van der Waals surface area contributed by atoms with Crippen LogP contribution in [0, 0.1) is 17.3 Å². The molecular weight excluding hydrogens is 208 g/mol. The van der Waals surface area contributed by atoms with E-state index in [0.29, 0.717) is 5.41 Å². The molecule has 3 aliphatic rings. The highest BCUT2D eigenvalue weighted by atomic mass is 15.1. The van der Waals surface area contributed by atoms with Crippen molar-refractivity contribution in [2.45, 2.75) is 44.9 Å². The van der Waals surface area contributed by atoms with Gasteiger partial charge in [-0.3, -0.25) is 0 Å². The average Bonchev–Trinajstić information content (AvgIpc) is 2.78. The minimum Gasteiger partial charge on any atom is -0.316 e. The van der Waals surface area contributed by atoms with Gasteiger partial charge in [-0.05, 0) is 76.0 Å². The van der Waals surface area contributed by atoms with Gasteiger partial charge in [0.25, 0.3) is 0 Å². The second kappa shape index (κ2) is 4.89. The van der Waals surface area contributed by atoms with Crippen molar-refractivity contribution in [3.63, 3.8) is 0 Å². The van der Waals surface area contributed by atoms with Gasteiger partial charge in [-0.15, -0.1) is 0 Å². The lowest BCUT2D eigenvalue weighted by molar-refractivity contribution is 0.0891. The maximum absolute atomic E-state index is 3.76. The lowest BCUT2D eigenvalue weighted by atomic mass is 9.69. The van der Waals surface area contributed by atoms with Gasteiger partial charge in [0.15, 0.2) is 0 Å². The van der Waals surface area contributed by atoms with Gasteiger partial charge in [-0.1, -0.05) is 12.8 Å². The Balaban J connectivity index is 1.60. The molecule has 1 saturated carbocycles. The van der Waals surface area contributed by atoms with E-state index in [4.69, 9.17) is 0 Å². The molecule has 0 radical (unpaired) electrons. The standard InChI is InChI=1S/C15H28N2/c1-17-8-4-13(5-9-17)14-10-15(12-16-11-14)6-2-3-7-15/h13-14,16H,2-12H2,1H3. The van der Waals surface area contributed by atoms with Gasteiger partial charge >= 0.3 is 0 Å². The van der Waals surface area contributed by atoms with Gasteiger partial charge in [-0.25, -0.2) is 0 Å². The Hall–Kier alpha value is -0.0800. The smallest absolute Gasteiger partial charge is 0.000804 e. The number of nitrogens with one attached hydrogen (secondary N) is 1. The summed E-state index contributed by atoms with van der Waals surface area (Å²) in [5, 5.41) is 3.76. The Kier molecular flexibility index (Phi) is 3.45. The Labute approximate surface area is 106 Å². The van der Waals surface area contributed by atoms with E-state index in [0.717, 1.165) is 11.8 Å². The molecule has 2 saturated heterocycles. The molecule has 3 rings (SSSR count). The van der Waals surface area contributed by atoms with E-state index in [1.54, 1.807) is 0 Å². The van der Waals surface area contributed by atoms with E-state index in [9.17, 15) is 0 Å². The topological polar surface area (TPSA) is 15.3 Å². The molecular formula is C15H28N2. The molecule has 17 heavy (non-hydrogen) atoms. The zero-order valence-corrected chi connectivity index (χ0v) is 11.4. The molecule has 0 aromatic carbocycles. The first-order valence-electron chi connectivity index (χ1n) is 7.67. The molecule has 0 bridgehead atoms. The van der Waals surface area contributed by atoms with E-state index in [2.05, 4.69) is 17.3 Å². The molecule has 1 N–H and O–H groups in total. The minimum absolute atomic E-state index is 0.715. The predicted octanol–water partition coefficient (Wildman–Crippen LogP) is 2.50. The van der Waals surface area contributed by atoms with Crippen molar-refractivity contribution in [2.75, 3.05) is 33.2 Å². The number of likely N-dealkylation sites (tertiary alicyclic amines) is 1. The van der Waals surface area contributed by atoms with Crippen LogP contribution in [0.1, 0.15) is 44.9 Å². The third-order valence-electron chi connectivity index (χ3n) is 5.70. The summed E-state index contributed by atoms with van der Waals surface area (Å²) in [6, 6.07) is 0. The number of piperidine rings is 2. The fourth-order valence-electron chi connectivity index (χ4n) is 4.56. The first kappa shape index (κ1) is 12.0. The largest absolute Gasteiger partial charge is 0.316 e. The Morgan fingerprint density at radius 2 is 1.76 bits per heavy atom. The van der Waals surface area contributed by atoms with Crippen molar-refractivity contribution in [1.82, 2.24) is 10.2 Å². The van der Waals surface area contributed by atoms with Gasteiger partial charge in [-0.2, -0.15) is 0 Å². The summed E-state index contributed by atoms with van der Waals surface area (Å²) in [7, 11) is 2.27. The fraction of sp³-hybridized carbons (Fsp3) is 1.00. The zero-order valence-electron chi connectivity index (χ0n) is 11.4. The third kappa shape index (κ3) is 2.53. The van der Waals surface area contributed by atoms with Crippen LogP contribution < -0.4 is 5.32 Å². The highest BCUT2D eigenvalue weighted by Crippen LogP contribution is 2.46. The first-order valence-corrected chi connectivity index (χ1v) is 7.67. The minimum atomic E-state index is 0.715. The summed E-state index contributed by atoms with van der Waals surface area (Å²) < 4.78 is 0.